The van der Waals surface area contributed by atoms with Crippen molar-refractivity contribution in [3.05, 3.63) is 83.9 Å². The first-order valence-electron chi connectivity index (χ1n) is 13.3. The van der Waals surface area contributed by atoms with E-state index in [-0.39, 0.29) is 31.0 Å². The summed E-state index contributed by atoms with van der Waals surface area (Å²) >= 11 is 0. The van der Waals surface area contributed by atoms with Gasteiger partial charge >= 0.3 is 12.2 Å². The van der Waals surface area contributed by atoms with Gasteiger partial charge < -0.3 is 15.5 Å². The molecule has 5 aromatic rings. The maximum Gasteiger partial charge on any atom is 0.390 e. The second kappa shape index (κ2) is 11.3. The SMILES string of the molecule is O=C(Nc1cn2nc(-c3c(-c4ccc(F)cc4)nn4c3CN(C(=O)NCCC(F)(F)F)CC4)ccc2n1)c1ccnc(F)c1. The molecule has 0 saturated carbocycles. The van der Waals surface area contributed by atoms with Gasteiger partial charge in [-0.05, 0) is 42.5 Å². The topological polar surface area (TPSA) is 122 Å². The number of nitrogens with one attached hydrogen (secondary N) is 2. The Morgan fingerprint density at radius 2 is 1.77 bits per heavy atom. The van der Waals surface area contributed by atoms with Crippen molar-refractivity contribution in [2.45, 2.75) is 25.7 Å². The van der Waals surface area contributed by atoms with Crippen LogP contribution >= 0.6 is 0 Å². The third-order valence-corrected chi connectivity index (χ3v) is 6.88. The van der Waals surface area contributed by atoms with E-state index in [9.17, 15) is 31.5 Å². The zero-order chi connectivity index (χ0) is 31.0. The van der Waals surface area contributed by atoms with Gasteiger partial charge in [0.05, 0.1) is 42.7 Å². The fourth-order valence-corrected chi connectivity index (χ4v) is 4.80. The normalized spacial score (nSPS) is 13.2. The number of aromatic nitrogens is 6. The molecule has 0 atom stereocenters. The van der Waals surface area contributed by atoms with Gasteiger partial charge in [0, 0.05) is 36.5 Å². The van der Waals surface area contributed by atoms with E-state index in [0.29, 0.717) is 33.9 Å². The van der Waals surface area contributed by atoms with Crippen molar-refractivity contribution in [2.24, 2.45) is 0 Å². The lowest BCUT2D eigenvalue weighted by Crippen LogP contribution is -2.45. The van der Waals surface area contributed by atoms with E-state index in [4.69, 9.17) is 5.10 Å². The van der Waals surface area contributed by atoms with Crippen LogP contribution in [0.15, 0.2) is 60.9 Å². The quantitative estimate of drug-likeness (QED) is 0.213. The van der Waals surface area contributed by atoms with E-state index >= 15 is 0 Å². The minimum Gasteiger partial charge on any atom is -0.338 e. The monoisotopic (exact) mass is 611 g/mol. The molecule has 44 heavy (non-hydrogen) atoms. The summed E-state index contributed by atoms with van der Waals surface area (Å²) in [5.41, 5.74) is 2.96. The third-order valence-electron chi connectivity index (χ3n) is 6.88. The van der Waals surface area contributed by atoms with Crippen molar-refractivity contribution in [3.63, 3.8) is 0 Å². The Labute approximate surface area is 245 Å². The highest BCUT2D eigenvalue weighted by Gasteiger charge is 2.30. The standard InChI is InChI=1S/C28H22F5N9O2/c29-18-3-1-16(2-4-18)25-24(20-14-40(11-12-41(20)39-25)27(44)35-10-8-28(31,32)33)19-5-6-23-36-22(15-42(23)38-19)37-26(43)17-7-9-34-21(30)13-17/h1-7,9,13,15H,8,10-12,14H2,(H,35,44)(H,37,43). The number of carbonyl (C=O) groups is 2. The largest absolute Gasteiger partial charge is 0.390 e. The lowest BCUT2D eigenvalue weighted by Gasteiger charge is -2.28. The van der Waals surface area contributed by atoms with E-state index in [1.54, 1.807) is 28.9 Å². The van der Waals surface area contributed by atoms with E-state index in [2.05, 4.69) is 25.7 Å². The Morgan fingerprint density at radius 1 is 0.977 bits per heavy atom. The number of pyridine rings is 1. The van der Waals surface area contributed by atoms with E-state index in [1.165, 1.54) is 40.0 Å². The molecule has 0 saturated heterocycles. The molecule has 5 heterocycles. The van der Waals surface area contributed by atoms with Gasteiger partial charge in [0.2, 0.25) is 5.95 Å². The highest BCUT2D eigenvalue weighted by molar-refractivity contribution is 6.03. The fraction of sp³-hybridized carbons (Fsp3) is 0.214. The molecule has 1 aromatic carbocycles. The highest BCUT2D eigenvalue weighted by Crippen LogP contribution is 2.36. The van der Waals surface area contributed by atoms with Crippen LogP contribution in [0.5, 0.6) is 0 Å². The van der Waals surface area contributed by atoms with Crippen LogP contribution in [0.2, 0.25) is 0 Å². The number of fused-ring (bicyclic) bond motifs is 2. The lowest BCUT2D eigenvalue weighted by atomic mass is 10.0. The van der Waals surface area contributed by atoms with Crippen molar-refractivity contribution >= 4 is 23.4 Å². The Morgan fingerprint density at radius 3 is 2.52 bits per heavy atom. The average Bonchev–Trinajstić information content (AvgIpc) is 3.56. The summed E-state index contributed by atoms with van der Waals surface area (Å²) in [5.74, 6) is -1.71. The van der Waals surface area contributed by atoms with Crippen LogP contribution in [0.25, 0.3) is 28.2 Å². The maximum absolute atomic E-state index is 13.7. The van der Waals surface area contributed by atoms with E-state index in [0.717, 1.165) is 6.07 Å². The van der Waals surface area contributed by atoms with Gasteiger partial charge in [-0.15, -0.1) is 0 Å². The predicted octanol–water partition coefficient (Wildman–Crippen LogP) is 4.66. The highest BCUT2D eigenvalue weighted by atomic mass is 19.4. The van der Waals surface area contributed by atoms with E-state index < -0.39 is 42.8 Å². The van der Waals surface area contributed by atoms with Crippen molar-refractivity contribution in [1.82, 2.24) is 39.6 Å². The number of nitrogens with zero attached hydrogens (tertiary/aromatic N) is 7. The summed E-state index contributed by atoms with van der Waals surface area (Å²) in [6.45, 7) is -0.0724. The Kier molecular flexibility index (Phi) is 7.40. The number of benzene rings is 1. The second-order valence-electron chi connectivity index (χ2n) is 9.89. The molecule has 0 aliphatic carbocycles. The van der Waals surface area contributed by atoms with Crippen molar-refractivity contribution in [3.8, 4) is 22.5 Å². The number of carbonyl (C=O) groups excluding carboxylic acids is 2. The molecule has 0 bridgehead atoms. The van der Waals surface area contributed by atoms with Crippen LogP contribution in [-0.4, -0.2) is 65.5 Å². The molecule has 1 aliphatic rings. The fourth-order valence-electron chi connectivity index (χ4n) is 4.80. The molecule has 0 radical (unpaired) electrons. The van der Waals surface area contributed by atoms with Crippen LogP contribution in [0.3, 0.4) is 0 Å². The van der Waals surface area contributed by atoms with Gasteiger partial charge in [-0.2, -0.15) is 27.8 Å². The number of rotatable bonds is 6. The molecular formula is C28H22F5N9O2. The first-order valence-corrected chi connectivity index (χ1v) is 13.3. The summed E-state index contributed by atoms with van der Waals surface area (Å²) in [7, 11) is 0. The number of halogens is 5. The van der Waals surface area contributed by atoms with Gasteiger partial charge in [0.1, 0.15) is 11.5 Å². The Hall–Kier alpha value is -5.41. The van der Waals surface area contributed by atoms with Crippen molar-refractivity contribution in [1.29, 1.82) is 0 Å². The summed E-state index contributed by atoms with van der Waals surface area (Å²) < 4.78 is 68.1. The molecule has 226 valence electrons. The molecule has 0 fully saturated rings. The van der Waals surface area contributed by atoms with Gasteiger partial charge in [0.25, 0.3) is 5.91 Å². The molecule has 16 heteroatoms. The minimum absolute atomic E-state index is 0.0226. The van der Waals surface area contributed by atoms with E-state index in [1.807, 2.05) is 0 Å². The molecule has 0 spiro atoms. The minimum atomic E-state index is -4.40. The zero-order valence-corrected chi connectivity index (χ0v) is 22.6. The lowest BCUT2D eigenvalue weighted by molar-refractivity contribution is -0.133. The first-order chi connectivity index (χ1) is 21.0. The maximum atomic E-state index is 13.7. The number of anilines is 1. The second-order valence-corrected chi connectivity index (χ2v) is 9.89. The van der Waals surface area contributed by atoms with Gasteiger partial charge in [-0.3, -0.25) is 9.48 Å². The Balaban J connectivity index is 1.33. The molecule has 4 aromatic heterocycles. The molecule has 6 rings (SSSR count). The van der Waals surface area contributed by atoms with Crippen LogP contribution < -0.4 is 10.6 Å². The third kappa shape index (κ3) is 6.04. The summed E-state index contributed by atoms with van der Waals surface area (Å²) in [6.07, 6.45) is -2.92. The zero-order valence-electron chi connectivity index (χ0n) is 22.6. The number of urea groups is 1. The molecule has 1 aliphatic heterocycles. The smallest absolute Gasteiger partial charge is 0.338 e. The molecule has 11 nitrogen and oxygen atoms in total. The number of hydrogen-bond donors (Lipinski definition) is 2. The van der Waals surface area contributed by atoms with Crippen LogP contribution in [0.1, 0.15) is 22.5 Å². The van der Waals surface area contributed by atoms with Crippen molar-refractivity contribution in [2.75, 3.05) is 18.4 Å². The average molecular weight is 612 g/mol. The number of alkyl halides is 3. The molecular weight excluding hydrogens is 589 g/mol. The molecule has 0 unspecified atom stereocenters. The summed E-state index contributed by atoms with van der Waals surface area (Å²) in [4.78, 5) is 34.5. The summed E-state index contributed by atoms with van der Waals surface area (Å²) in [5, 5.41) is 14.3. The van der Waals surface area contributed by atoms with Crippen LogP contribution in [0, 0.1) is 11.8 Å². The van der Waals surface area contributed by atoms with Crippen molar-refractivity contribution < 1.29 is 31.5 Å². The number of imidazole rings is 1. The van der Waals surface area contributed by atoms with Gasteiger partial charge in [0.15, 0.2) is 11.5 Å². The van der Waals surface area contributed by atoms with Gasteiger partial charge in [-0.1, -0.05) is 0 Å². The summed E-state index contributed by atoms with van der Waals surface area (Å²) in [6, 6.07) is 10.7. The first kappa shape index (κ1) is 28.7. The number of amides is 3. The van der Waals surface area contributed by atoms with Gasteiger partial charge in [-0.25, -0.2) is 23.7 Å². The van der Waals surface area contributed by atoms with Crippen LogP contribution in [0.4, 0.5) is 32.6 Å². The predicted molar refractivity (Wildman–Crippen MR) is 146 cm³/mol. The number of hydrogen-bond acceptors (Lipinski definition) is 6. The Bertz CT molecular complexity index is 1870. The molecule has 3 amide bonds. The molecule has 2 N–H and O–H groups in total. The van der Waals surface area contributed by atoms with Crippen LogP contribution in [-0.2, 0) is 13.1 Å².